The average molecular weight is 398 g/mol. The van der Waals surface area contributed by atoms with Crippen LogP contribution in [-0.2, 0) is 11.3 Å². The van der Waals surface area contributed by atoms with Gasteiger partial charge >= 0.3 is 0 Å². The molecule has 7 heteroatoms. The summed E-state index contributed by atoms with van der Waals surface area (Å²) in [6.45, 7) is 2.28. The Bertz CT molecular complexity index is 1020. The number of amides is 1. The van der Waals surface area contributed by atoms with E-state index in [4.69, 9.17) is 16.3 Å². The first-order valence-electron chi connectivity index (χ1n) is 8.82. The van der Waals surface area contributed by atoms with Crippen LogP contribution in [0.2, 0.25) is 5.02 Å². The molecule has 2 aromatic carbocycles. The minimum atomic E-state index is -0.301. The predicted octanol–water partition coefficient (Wildman–Crippen LogP) is 3.07. The fourth-order valence-corrected chi connectivity index (χ4v) is 2.76. The van der Waals surface area contributed by atoms with E-state index in [0.29, 0.717) is 16.5 Å². The maximum absolute atomic E-state index is 12.0. The summed E-state index contributed by atoms with van der Waals surface area (Å²) in [5.74, 6) is 0.162. The summed E-state index contributed by atoms with van der Waals surface area (Å²) in [4.78, 5) is 24.0. The van der Waals surface area contributed by atoms with E-state index in [1.54, 1.807) is 18.2 Å². The number of hydrogen-bond acceptors (Lipinski definition) is 4. The largest absolute Gasteiger partial charge is 0.482 e. The van der Waals surface area contributed by atoms with Gasteiger partial charge in [-0.2, -0.15) is 5.10 Å². The monoisotopic (exact) mass is 397 g/mol. The number of rotatable bonds is 7. The van der Waals surface area contributed by atoms with Crippen molar-refractivity contribution in [3.05, 3.63) is 81.6 Å². The van der Waals surface area contributed by atoms with Gasteiger partial charge < -0.3 is 10.1 Å². The Morgan fingerprint density at radius 1 is 1.14 bits per heavy atom. The van der Waals surface area contributed by atoms with Gasteiger partial charge in [-0.3, -0.25) is 9.59 Å². The number of benzene rings is 2. The third kappa shape index (κ3) is 5.20. The zero-order chi connectivity index (χ0) is 19.9. The first-order valence-corrected chi connectivity index (χ1v) is 9.20. The lowest BCUT2D eigenvalue weighted by Gasteiger charge is -2.10. The lowest BCUT2D eigenvalue weighted by molar-refractivity contribution is -0.123. The second kappa shape index (κ2) is 9.19. The summed E-state index contributed by atoms with van der Waals surface area (Å²) in [7, 11) is 0. The summed E-state index contributed by atoms with van der Waals surface area (Å²) in [6.07, 6.45) is 0. The van der Waals surface area contributed by atoms with Gasteiger partial charge in [-0.15, -0.1) is 0 Å². The summed E-state index contributed by atoms with van der Waals surface area (Å²) in [5, 5.41) is 7.52. The number of ether oxygens (including phenoxy) is 1. The second-order valence-corrected chi connectivity index (χ2v) is 6.63. The molecule has 3 rings (SSSR count). The standard InChI is InChI=1S/C21H20ClN3O3/c1-15-7-8-17(22)19(13-15)28-14-20(26)23-11-12-25-21(27)10-9-18(24-25)16-5-3-2-4-6-16/h2-10,13H,11-12,14H2,1H3,(H,23,26). The Morgan fingerprint density at radius 3 is 2.71 bits per heavy atom. The highest BCUT2D eigenvalue weighted by Gasteiger charge is 2.07. The maximum Gasteiger partial charge on any atom is 0.266 e. The molecule has 144 valence electrons. The third-order valence-electron chi connectivity index (χ3n) is 4.03. The summed E-state index contributed by atoms with van der Waals surface area (Å²) >= 11 is 6.04. The third-order valence-corrected chi connectivity index (χ3v) is 4.34. The summed E-state index contributed by atoms with van der Waals surface area (Å²) in [5.41, 5.74) is 2.38. The normalized spacial score (nSPS) is 10.5. The van der Waals surface area contributed by atoms with Gasteiger partial charge in [0, 0.05) is 18.2 Å². The Kier molecular flexibility index (Phi) is 6.45. The lowest BCUT2D eigenvalue weighted by atomic mass is 10.1. The van der Waals surface area contributed by atoms with Crippen LogP contribution in [0.3, 0.4) is 0 Å². The number of carbonyl (C=O) groups excluding carboxylic acids is 1. The van der Waals surface area contributed by atoms with E-state index < -0.39 is 0 Å². The molecule has 0 saturated heterocycles. The van der Waals surface area contributed by atoms with Crippen LogP contribution in [0.5, 0.6) is 5.75 Å². The molecule has 0 unspecified atom stereocenters. The van der Waals surface area contributed by atoms with E-state index in [2.05, 4.69) is 10.4 Å². The van der Waals surface area contributed by atoms with E-state index in [-0.39, 0.29) is 31.2 Å². The molecule has 0 bridgehead atoms. The molecule has 0 aliphatic carbocycles. The smallest absolute Gasteiger partial charge is 0.266 e. The van der Waals surface area contributed by atoms with Gasteiger partial charge in [-0.25, -0.2) is 4.68 Å². The van der Waals surface area contributed by atoms with Crippen molar-refractivity contribution in [2.45, 2.75) is 13.5 Å². The number of aromatic nitrogens is 2. The quantitative estimate of drug-likeness (QED) is 0.665. The van der Waals surface area contributed by atoms with Gasteiger partial charge in [-0.1, -0.05) is 48.0 Å². The highest BCUT2D eigenvalue weighted by atomic mass is 35.5. The van der Waals surface area contributed by atoms with Crippen LogP contribution in [0.15, 0.2) is 65.5 Å². The van der Waals surface area contributed by atoms with Crippen LogP contribution in [0, 0.1) is 6.92 Å². The fraction of sp³-hybridized carbons (Fsp3) is 0.190. The zero-order valence-electron chi connectivity index (χ0n) is 15.4. The van der Waals surface area contributed by atoms with E-state index >= 15 is 0 Å². The van der Waals surface area contributed by atoms with E-state index in [0.717, 1.165) is 11.1 Å². The van der Waals surface area contributed by atoms with Crippen molar-refractivity contribution in [3.63, 3.8) is 0 Å². The Hall–Kier alpha value is -3.12. The first kappa shape index (κ1) is 19.6. The van der Waals surface area contributed by atoms with Gasteiger partial charge in [0.15, 0.2) is 6.61 Å². The molecule has 0 fully saturated rings. The van der Waals surface area contributed by atoms with Gasteiger partial charge in [0.05, 0.1) is 17.3 Å². The van der Waals surface area contributed by atoms with Crippen molar-refractivity contribution < 1.29 is 9.53 Å². The van der Waals surface area contributed by atoms with E-state index in [1.165, 1.54) is 10.7 Å². The highest BCUT2D eigenvalue weighted by molar-refractivity contribution is 6.32. The summed E-state index contributed by atoms with van der Waals surface area (Å²) < 4.78 is 6.79. The topological polar surface area (TPSA) is 73.2 Å². The van der Waals surface area contributed by atoms with Crippen molar-refractivity contribution in [2.24, 2.45) is 0 Å². The number of halogens is 1. The van der Waals surface area contributed by atoms with Crippen molar-refractivity contribution in [2.75, 3.05) is 13.2 Å². The molecule has 0 saturated carbocycles. The molecule has 0 aliphatic rings. The number of aryl methyl sites for hydroxylation is 1. The predicted molar refractivity (Wildman–Crippen MR) is 109 cm³/mol. The van der Waals surface area contributed by atoms with Crippen molar-refractivity contribution >= 4 is 17.5 Å². The molecule has 28 heavy (non-hydrogen) atoms. The van der Waals surface area contributed by atoms with Crippen LogP contribution < -0.4 is 15.6 Å². The molecule has 1 amide bonds. The summed E-state index contributed by atoms with van der Waals surface area (Å²) in [6, 6.07) is 18.1. The van der Waals surface area contributed by atoms with Crippen LogP contribution in [0.4, 0.5) is 0 Å². The minimum absolute atomic E-state index is 0.157. The SMILES string of the molecule is Cc1ccc(Cl)c(OCC(=O)NCCn2nc(-c3ccccc3)ccc2=O)c1. The van der Waals surface area contributed by atoms with Crippen LogP contribution in [-0.4, -0.2) is 28.8 Å². The van der Waals surface area contributed by atoms with E-state index in [1.807, 2.05) is 43.3 Å². The molecular formula is C21H20ClN3O3. The van der Waals surface area contributed by atoms with Crippen molar-refractivity contribution in [1.82, 2.24) is 15.1 Å². The second-order valence-electron chi connectivity index (χ2n) is 6.22. The number of nitrogens with one attached hydrogen (secondary N) is 1. The molecule has 3 aromatic rings. The van der Waals surface area contributed by atoms with Crippen LogP contribution in [0.1, 0.15) is 5.56 Å². The van der Waals surface area contributed by atoms with Crippen LogP contribution in [0.25, 0.3) is 11.3 Å². The molecule has 1 N–H and O–H groups in total. The minimum Gasteiger partial charge on any atom is -0.482 e. The maximum atomic E-state index is 12.0. The van der Waals surface area contributed by atoms with Gasteiger partial charge in [0.25, 0.3) is 11.5 Å². The molecule has 0 atom stereocenters. The molecule has 1 heterocycles. The Balaban J connectivity index is 1.54. The Labute approximate surface area is 167 Å². The zero-order valence-corrected chi connectivity index (χ0v) is 16.1. The van der Waals surface area contributed by atoms with Gasteiger partial charge in [0.1, 0.15) is 5.75 Å². The van der Waals surface area contributed by atoms with Gasteiger partial charge in [0.2, 0.25) is 0 Å². The highest BCUT2D eigenvalue weighted by Crippen LogP contribution is 2.25. The molecule has 1 aromatic heterocycles. The number of carbonyl (C=O) groups is 1. The molecular weight excluding hydrogens is 378 g/mol. The molecule has 0 aliphatic heterocycles. The molecule has 0 radical (unpaired) electrons. The molecule has 0 spiro atoms. The van der Waals surface area contributed by atoms with Crippen molar-refractivity contribution in [3.8, 4) is 17.0 Å². The average Bonchev–Trinajstić information content (AvgIpc) is 2.70. The lowest BCUT2D eigenvalue weighted by Crippen LogP contribution is -2.34. The first-order chi connectivity index (χ1) is 13.5. The van der Waals surface area contributed by atoms with Gasteiger partial charge in [-0.05, 0) is 30.7 Å². The number of nitrogens with zero attached hydrogens (tertiary/aromatic N) is 2. The number of hydrogen-bond donors (Lipinski definition) is 1. The van der Waals surface area contributed by atoms with E-state index in [9.17, 15) is 9.59 Å². The fourth-order valence-electron chi connectivity index (χ4n) is 2.59. The van der Waals surface area contributed by atoms with Crippen molar-refractivity contribution in [1.29, 1.82) is 0 Å². The van der Waals surface area contributed by atoms with Crippen LogP contribution >= 0.6 is 11.6 Å². The Morgan fingerprint density at radius 2 is 1.93 bits per heavy atom. The molecule has 6 nitrogen and oxygen atoms in total.